The van der Waals surface area contributed by atoms with Crippen LogP contribution < -0.4 is 15.8 Å². The lowest BCUT2D eigenvalue weighted by Gasteiger charge is -2.21. The molecule has 18 heavy (non-hydrogen) atoms. The van der Waals surface area contributed by atoms with Crippen molar-refractivity contribution in [2.45, 2.75) is 32.1 Å². The number of nitrogens with two attached hydrogens (primary N) is 1. The molecule has 0 radical (unpaired) electrons. The molecule has 4 heteroatoms. The molecule has 0 unspecified atom stereocenters. The van der Waals surface area contributed by atoms with E-state index in [0.29, 0.717) is 17.1 Å². The third-order valence-electron chi connectivity index (χ3n) is 3.46. The molecule has 1 aromatic carbocycles. The molecule has 98 valence electrons. The topological polar surface area (TPSA) is 64.3 Å². The molecule has 0 aromatic heterocycles. The van der Waals surface area contributed by atoms with Crippen LogP contribution >= 0.6 is 0 Å². The first kappa shape index (κ1) is 12.7. The van der Waals surface area contributed by atoms with Gasteiger partial charge in [-0.3, -0.25) is 4.79 Å². The van der Waals surface area contributed by atoms with E-state index in [9.17, 15) is 4.79 Å². The quantitative estimate of drug-likeness (QED) is 0.808. The van der Waals surface area contributed by atoms with Gasteiger partial charge in [0.2, 0.25) is 5.91 Å². The van der Waals surface area contributed by atoms with E-state index in [4.69, 9.17) is 10.5 Å². The van der Waals surface area contributed by atoms with E-state index in [2.05, 4.69) is 5.32 Å². The number of carbonyl (C=O) groups excluding carboxylic acids is 1. The molecule has 1 amide bonds. The molecular formula is C14H20N2O2. The van der Waals surface area contributed by atoms with Crippen molar-refractivity contribution < 1.29 is 9.53 Å². The molecule has 0 bridgehead atoms. The van der Waals surface area contributed by atoms with Crippen LogP contribution in [0.15, 0.2) is 18.2 Å². The maximum Gasteiger partial charge on any atom is 0.227 e. The Kier molecular flexibility index (Phi) is 4.07. The lowest BCUT2D eigenvalue weighted by molar-refractivity contribution is -0.120. The van der Waals surface area contributed by atoms with Crippen LogP contribution in [0, 0.1) is 5.92 Å². The maximum atomic E-state index is 12.1. The molecule has 2 rings (SSSR count). The van der Waals surface area contributed by atoms with Gasteiger partial charge in [-0.05, 0) is 25.0 Å². The van der Waals surface area contributed by atoms with Crippen LogP contribution in [-0.4, -0.2) is 13.0 Å². The fourth-order valence-corrected chi connectivity index (χ4v) is 2.41. The van der Waals surface area contributed by atoms with Gasteiger partial charge in [-0.15, -0.1) is 0 Å². The van der Waals surface area contributed by atoms with Gasteiger partial charge in [-0.2, -0.15) is 0 Å². The number of nitrogens with one attached hydrogen (secondary N) is 1. The highest BCUT2D eigenvalue weighted by atomic mass is 16.5. The number of anilines is 2. The maximum absolute atomic E-state index is 12.1. The van der Waals surface area contributed by atoms with Gasteiger partial charge >= 0.3 is 0 Å². The molecule has 3 N–H and O–H groups in total. The van der Waals surface area contributed by atoms with Crippen molar-refractivity contribution in [2.24, 2.45) is 5.92 Å². The molecule has 1 fully saturated rings. The number of benzene rings is 1. The molecule has 1 aliphatic rings. The summed E-state index contributed by atoms with van der Waals surface area (Å²) in [5, 5.41) is 2.94. The molecule has 0 atom stereocenters. The highest BCUT2D eigenvalue weighted by Gasteiger charge is 2.21. The van der Waals surface area contributed by atoms with Gasteiger partial charge in [-0.25, -0.2) is 0 Å². The predicted molar refractivity (Wildman–Crippen MR) is 72.6 cm³/mol. The fraction of sp³-hybridized carbons (Fsp3) is 0.500. The van der Waals surface area contributed by atoms with E-state index in [1.807, 2.05) is 0 Å². The third kappa shape index (κ3) is 2.94. The van der Waals surface area contributed by atoms with Crippen LogP contribution in [-0.2, 0) is 4.79 Å². The monoisotopic (exact) mass is 248 g/mol. The number of hydrogen-bond donors (Lipinski definition) is 2. The van der Waals surface area contributed by atoms with Crippen LogP contribution in [0.2, 0.25) is 0 Å². The van der Waals surface area contributed by atoms with Crippen molar-refractivity contribution in [2.75, 3.05) is 18.2 Å². The lowest BCUT2D eigenvalue weighted by Crippen LogP contribution is -2.24. The van der Waals surface area contributed by atoms with Crippen molar-refractivity contribution in [1.29, 1.82) is 0 Å². The zero-order valence-corrected chi connectivity index (χ0v) is 10.7. The van der Waals surface area contributed by atoms with Gasteiger partial charge < -0.3 is 15.8 Å². The molecule has 1 saturated carbocycles. The average Bonchev–Trinajstić information content (AvgIpc) is 2.41. The number of ether oxygens (including phenoxy) is 1. The smallest absolute Gasteiger partial charge is 0.227 e. The average molecular weight is 248 g/mol. The molecule has 4 nitrogen and oxygen atoms in total. The fourth-order valence-electron chi connectivity index (χ4n) is 2.41. The van der Waals surface area contributed by atoms with E-state index in [-0.39, 0.29) is 11.8 Å². The summed E-state index contributed by atoms with van der Waals surface area (Å²) in [6, 6.07) is 5.27. The van der Waals surface area contributed by atoms with E-state index in [1.54, 1.807) is 25.3 Å². The summed E-state index contributed by atoms with van der Waals surface area (Å²) < 4.78 is 5.22. The third-order valence-corrected chi connectivity index (χ3v) is 3.46. The second-order valence-electron chi connectivity index (χ2n) is 4.78. The van der Waals surface area contributed by atoms with E-state index in [0.717, 1.165) is 25.7 Å². The number of hydrogen-bond acceptors (Lipinski definition) is 3. The Hall–Kier alpha value is -1.71. The minimum atomic E-state index is 0.0952. The molecule has 0 heterocycles. The van der Waals surface area contributed by atoms with E-state index >= 15 is 0 Å². The van der Waals surface area contributed by atoms with Gasteiger partial charge in [0.05, 0.1) is 12.8 Å². The molecule has 1 aromatic rings. The van der Waals surface area contributed by atoms with Crippen molar-refractivity contribution in [3.8, 4) is 5.75 Å². The Morgan fingerprint density at radius 3 is 2.72 bits per heavy atom. The highest BCUT2D eigenvalue weighted by molar-refractivity contribution is 5.94. The van der Waals surface area contributed by atoms with Crippen molar-refractivity contribution in [1.82, 2.24) is 0 Å². The summed E-state index contributed by atoms with van der Waals surface area (Å²) >= 11 is 0. The first-order chi connectivity index (χ1) is 8.70. The van der Waals surface area contributed by atoms with Crippen LogP contribution in [0.4, 0.5) is 11.4 Å². The summed E-state index contributed by atoms with van der Waals surface area (Å²) in [5.74, 6) is 0.845. The zero-order chi connectivity index (χ0) is 13.0. The van der Waals surface area contributed by atoms with Gasteiger partial charge in [0.25, 0.3) is 0 Å². The molecule has 1 aliphatic carbocycles. The number of amides is 1. The molecular weight excluding hydrogens is 228 g/mol. The van der Waals surface area contributed by atoms with Crippen LogP contribution in [0.1, 0.15) is 32.1 Å². The number of methoxy groups -OCH3 is 1. The SMILES string of the molecule is COc1cc(N)ccc1NC(=O)C1CCCCC1. The van der Waals surface area contributed by atoms with E-state index < -0.39 is 0 Å². The first-order valence-electron chi connectivity index (χ1n) is 6.45. The van der Waals surface area contributed by atoms with Gasteiger partial charge in [-0.1, -0.05) is 19.3 Å². The zero-order valence-electron chi connectivity index (χ0n) is 10.7. The summed E-state index contributed by atoms with van der Waals surface area (Å²) in [6.45, 7) is 0. The van der Waals surface area contributed by atoms with Gasteiger partial charge in [0.1, 0.15) is 5.75 Å². The van der Waals surface area contributed by atoms with Gasteiger partial charge in [0.15, 0.2) is 0 Å². The Bertz CT molecular complexity index is 426. The van der Waals surface area contributed by atoms with Crippen molar-refractivity contribution in [3.05, 3.63) is 18.2 Å². The molecule has 0 aliphatic heterocycles. The lowest BCUT2D eigenvalue weighted by atomic mass is 9.88. The normalized spacial score (nSPS) is 16.3. The summed E-state index contributed by atoms with van der Waals surface area (Å²) in [5.41, 5.74) is 7.01. The second-order valence-corrected chi connectivity index (χ2v) is 4.78. The van der Waals surface area contributed by atoms with Crippen molar-refractivity contribution in [3.63, 3.8) is 0 Å². The van der Waals surface area contributed by atoms with Crippen LogP contribution in [0.3, 0.4) is 0 Å². The van der Waals surface area contributed by atoms with Crippen LogP contribution in [0.25, 0.3) is 0 Å². The Morgan fingerprint density at radius 2 is 2.06 bits per heavy atom. The Labute approximate surface area is 108 Å². The van der Waals surface area contributed by atoms with Crippen LogP contribution in [0.5, 0.6) is 5.75 Å². The Morgan fingerprint density at radius 1 is 1.33 bits per heavy atom. The highest BCUT2D eigenvalue weighted by Crippen LogP contribution is 2.29. The summed E-state index contributed by atoms with van der Waals surface area (Å²) in [6.07, 6.45) is 5.52. The second kappa shape index (κ2) is 5.76. The number of rotatable bonds is 3. The first-order valence-corrected chi connectivity index (χ1v) is 6.45. The summed E-state index contributed by atoms with van der Waals surface area (Å²) in [4.78, 5) is 12.1. The largest absolute Gasteiger partial charge is 0.494 e. The molecule has 0 spiro atoms. The van der Waals surface area contributed by atoms with E-state index in [1.165, 1.54) is 6.42 Å². The van der Waals surface area contributed by atoms with Crippen molar-refractivity contribution >= 4 is 17.3 Å². The number of carbonyl (C=O) groups is 1. The predicted octanol–water partition coefficient (Wildman–Crippen LogP) is 2.80. The standard InChI is InChI=1S/C14H20N2O2/c1-18-13-9-11(15)7-8-12(13)16-14(17)10-5-3-2-4-6-10/h7-10H,2-6,15H2,1H3,(H,16,17). The Balaban J connectivity index is 2.06. The summed E-state index contributed by atoms with van der Waals surface area (Å²) in [7, 11) is 1.57. The van der Waals surface area contributed by atoms with Gasteiger partial charge in [0, 0.05) is 17.7 Å². The minimum absolute atomic E-state index is 0.0952. The minimum Gasteiger partial charge on any atom is -0.494 e. The number of nitrogen functional groups attached to an aromatic ring is 1. The molecule has 0 saturated heterocycles.